The number of hydrogen-bond acceptors (Lipinski definition) is 4. The first kappa shape index (κ1) is 9.86. The lowest BCUT2D eigenvalue weighted by atomic mass is 10.3. The Hall–Kier alpha value is -1.68. The van der Waals surface area contributed by atoms with Crippen molar-refractivity contribution in [2.24, 2.45) is 0 Å². The number of aldehydes is 1. The van der Waals surface area contributed by atoms with Crippen LogP contribution in [0.2, 0.25) is 0 Å². The number of aromatic nitrogens is 1. The highest BCUT2D eigenvalue weighted by Crippen LogP contribution is 2.21. The predicted octanol–water partition coefficient (Wildman–Crippen LogP) is 2.46. The molecule has 15 heavy (non-hydrogen) atoms. The first-order valence-electron chi connectivity index (χ1n) is 4.46. The van der Waals surface area contributed by atoms with Crippen LogP contribution >= 0.6 is 11.3 Å². The van der Waals surface area contributed by atoms with Crippen LogP contribution in [0.15, 0.2) is 41.9 Å². The lowest BCUT2D eigenvalue weighted by molar-refractivity contribution is -0.113. The van der Waals surface area contributed by atoms with Crippen molar-refractivity contribution in [3.05, 3.63) is 46.9 Å². The predicted molar refractivity (Wildman–Crippen MR) is 58.0 cm³/mol. The van der Waals surface area contributed by atoms with Crippen molar-refractivity contribution in [2.45, 2.75) is 6.10 Å². The molecule has 76 valence electrons. The molecule has 1 aromatic heterocycles. The van der Waals surface area contributed by atoms with E-state index in [1.54, 1.807) is 6.20 Å². The van der Waals surface area contributed by atoms with Crippen LogP contribution in [0.1, 0.15) is 11.1 Å². The third-order valence-corrected chi connectivity index (χ3v) is 2.66. The second kappa shape index (κ2) is 4.70. The van der Waals surface area contributed by atoms with Crippen molar-refractivity contribution in [3.63, 3.8) is 0 Å². The van der Waals surface area contributed by atoms with Crippen LogP contribution in [0.3, 0.4) is 0 Å². The molecule has 2 rings (SSSR count). The molecule has 0 radical (unpaired) electrons. The molecule has 0 N–H and O–H groups in total. The van der Waals surface area contributed by atoms with Crippen LogP contribution < -0.4 is 4.74 Å². The van der Waals surface area contributed by atoms with Crippen molar-refractivity contribution < 1.29 is 9.53 Å². The van der Waals surface area contributed by atoms with E-state index in [0.29, 0.717) is 10.8 Å². The van der Waals surface area contributed by atoms with E-state index in [9.17, 15) is 4.79 Å². The van der Waals surface area contributed by atoms with Crippen LogP contribution in [0.25, 0.3) is 0 Å². The molecule has 1 unspecified atom stereocenters. The lowest BCUT2D eigenvalue weighted by Crippen LogP contribution is -2.08. The van der Waals surface area contributed by atoms with Crippen LogP contribution in [0, 0.1) is 0 Å². The van der Waals surface area contributed by atoms with Crippen LogP contribution in [-0.4, -0.2) is 11.3 Å². The van der Waals surface area contributed by atoms with Crippen molar-refractivity contribution in [2.75, 3.05) is 0 Å². The van der Waals surface area contributed by atoms with Crippen molar-refractivity contribution in [1.29, 1.82) is 0 Å². The van der Waals surface area contributed by atoms with Gasteiger partial charge in [-0.15, -0.1) is 11.3 Å². The fourth-order valence-corrected chi connectivity index (χ4v) is 1.78. The highest BCUT2D eigenvalue weighted by molar-refractivity contribution is 7.09. The van der Waals surface area contributed by atoms with Gasteiger partial charge in [-0.2, -0.15) is 0 Å². The Labute approximate surface area is 91.4 Å². The van der Waals surface area contributed by atoms with Gasteiger partial charge in [-0.1, -0.05) is 18.2 Å². The Kier molecular flexibility index (Phi) is 3.09. The van der Waals surface area contributed by atoms with Gasteiger partial charge in [0.05, 0.1) is 0 Å². The third kappa shape index (κ3) is 2.41. The minimum atomic E-state index is -0.604. The van der Waals surface area contributed by atoms with Gasteiger partial charge in [0.2, 0.25) is 6.10 Å². The first-order chi connectivity index (χ1) is 7.40. The second-order valence-corrected chi connectivity index (χ2v) is 3.78. The molecule has 0 bridgehead atoms. The third-order valence-electron chi connectivity index (χ3n) is 1.82. The summed E-state index contributed by atoms with van der Waals surface area (Å²) in [5.74, 6) is 0.671. The number of ether oxygens (including phenoxy) is 1. The van der Waals surface area contributed by atoms with Gasteiger partial charge in [-0.25, -0.2) is 4.98 Å². The molecule has 4 heteroatoms. The molecule has 0 saturated carbocycles. The monoisotopic (exact) mass is 219 g/mol. The number of carbonyl (C=O) groups is 1. The summed E-state index contributed by atoms with van der Waals surface area (Å²) < 4.78 is 5.49. The molecule has 0 aliphatic heterocycles. The van der Waals surface area contributed by atoms with Gasteiger partial charge in [0.25, 0.3) is 0 Å². The number of benzene rings is 1. The second-order valence-electron chi connectivity index (χ2n) is 2.86. The summed E-state index contributed by atoms with van der Waals surface area (Å²) in [5.41, 5.74) is 0. The molecule has 0 fully saturated rings. The highest BCUT2D eigenvalue weighted by atomic mass is 32.1. The maximum absolute atomic E-state index is 10.8. The van der Waals surface area contributed by atoms with Crippen molar-refractivity contribution >= 4 is 17.6 Å². The number of hydrogen-bond donors (Lipinski definition) is 0. The van der Waals surface area contributed by atoms with Gasteiger partial charge < -0.3 is 4.74 Å². The number of nitrogens with zero attached hydrogens (tertiary/aromatic N) is 1. The fraction of sp³-hybridized carbons (Fsp3) is 0.0909. The maximum Gasteiger partial charge on any atom is 0.205 e. The smallest absolute Gasteiger partial charge is 0.205 e. The summed E-state index contributed by atoms with van der Waals surface area (Å²) in [5, 5.41) is 2.49. The standard InChI is InChI=1S/C11H9NO2S/c13-8-10(11-12-6-7-15-11)14-9-4-2-1-3-5-9/h1-8,10H. The van der Waals surface area contributed by atoms with E-state index in [1.807, 2.05) is 35.7 Å². The number of para-hydroxylation sites is 1. The van der Waals surface area contributed by atoms with E-state index < -0.39 is 6.10 Å². The van der Waals surface area contributed by atoms with E-state index in [-0.39, 0.29) is 0 Å². The Morgan fingerprint density at radius 1 is 1.33 bits per heavy atom. The van der Waals surface area contributed by atoms with Crippen molar-refractivity contribution in [3.8, 4) is 5.75 Å². The summed E-state index contributed by atoms with van der Waals surface area (Å²) in [6.07, 6.45) is 1.81. The topological polar surface area (TPSA) is 39.2 Å². The molecule has 2 aromatic rings. The molecule has 1 atom stereocenters. The minimum Gasteiger partial charge on any atom is -0.476 e. The normalized spacial score (nSPS) is 12.0. The van der Waals surface area contributed by atoms with Crippen molar-refractivity contribution in [1.82, 2.24) is 4.98 Å². The zero-order chi connectivity index (χ0) is 10.5. The largest absolute Gasteiger partial charge is 0.476 e. The van der Waals surface area contributed by atoms with Crippen LogP contribution in [0.4, 0.5) is 0 Å². The number of carbonyl (C=O) groups excluding carboxylic acids is 1. The fourth-order valence-electron chi connectivity index (χ4n) is 1.16. The van der Waals surface area contributed by atoms with E-state index in [0.717, 1.165) is 6.29 Å². The molecule has 0 spiro atoms. The molecular formula is C11H9NO2S. The molecule has 0 aliphatic carbocycles. The van der Waals surface area contributed by atoms with Crippen LogP contribution in [0.5, 0.6) is 5.75 Å². The lowest BCUT2D eigenvalue weighted by Gasteiger charge is -2.10. The average Bonchev–Trinajstić information content (AvgIpc) is 2.81. The molecule has 0 amide bonds. The summed E-state index contributed by atoms with van der Waals surface area (Å²) in [7, 11) is 0. The highest BCUT2D eigenvalue weighted by Gasteiger charge is 2.14. The molecule has 1 aromatic carbocycles. The summed E-state index contributed by atoms with van der Waals surface area (Å²) in [6.45, 7) is 0. The van der Waals surface area contributed by atoms with Gasteiger partial charge in [-0.05, 0) is 12.1 Å². The summed E-state index contributed by atoms with van der Waals surface area (Å²) in [6, 6.07) is 9.23. The summed E-state index contributed by atoms with van der Waals surface area (Å²) >= 11 is 1.41. The van der Waals surface area contributed by atoms with Gasteiger partial charge in [0.1, 0.15) is 10.8 Å². The average molecular weight is 219 g/mol. The Morgan fingerprint density at radius 3 is 2.73 bits per heavy atom. The van der Waals surface area contributed by atoms with Crippen LogP contribution in [-0.2, 0) is 4.79 Å². The number of rotatable bonds is 4. The maximum atomic E-state index is 10.8. The molecule has 1 heterocycles. The number of thiazole rings is 1. The molecule has 0 aliphatic rings. The molecule has 0 saturated heterocycles. The quantitative estimate of drug-likeness (QED) is 0.741. The molecular weight excluding hydrogens is 210 g/mol. The van der Waals surface area contributed by atoms with E-state index >= 15 is 0 Å². The van der Waals surface area contributed by atoms with Gasteiger partial charge in [0.15, 0.2) is 6.29 Å². The SMILES string of the molecule is O=CC(Oc1ccccc1)c1nccs1. The van der Waals surface area contributed by atoms with Gasteiger partial charge in [-0.3, -0.25) is 4.79 Å². The first-order valence-corrected chi connectivity index (χ1v) is 5.34. The Bertz CT molecular complexity index is 413. The van der Waals surface area contributed by atoms with Gasteiger partial charge in [0, 0.05) is 11.6 Å². The summed E-state index contributed by atoms with van der Waals surface area (Å²) in [4.78, 5) is 14.9. The minimum absolute atomic E-state index is 0.604. The Morgan fingerprint density at radius 2 is 2.13 bits per heavy atom. The zero-order valence-corrected chi connectivity index (χ0v) is 8.68. The Balaban J connectivity index is 2.13. The molecule has 3 nitrogen and oxygen atoms in total. The van der Waals surface area contributed by atoms with Gasteiger partial charge >= 0.3 is 0 Å². The van der Waals surface area contributed by atoms with E-state index in [4.69, 9.17) is 4.74 Å². The zero-order valence-electron chi connectivity index (χ0n) is 7.87. The van der Waals surface area contributed by atoms with E-state index in [1.165, 1.54) is 11.3 Å². The van der Waals surface area contributed by atoms with E-state index in [2.05, 4.69) is 4.98 Å².